The number of methoxy groups -OCH3 is 3. The van der Waals surface area contributed by atoms with Crippen molar-refractivity contribution in [3.8, 4) is 69.6 Å². The Morgan fingerprint density at radius 3 is 1.40 bits per heavy atom. The number of hydrogen-bond donors (Lipinski definition) is 1. The maximum absolute atomic E-state index is 13.3. The minimum absolute atomic E-state index is 0.0124. The van der Waals surface area contributed by atoms with Gasteiger partial charge in [-0.3, -0.25) is 29.2 Å². The average Bonchev–Trinajstić information content (AvgIpc) is 1.43. The van der Waals surface area contributed by atoms with Crippen molar-refractivity contribution in [3.63, 3.8) is 0 Å². The molecular formula is C76H78N6O17. The summed E-state index contributed by atoms with van der Waals surface area (Å²) in [5.74, 6) is 2.26. The van der Waals surface area contributed by atoms with E-state index in [1.807, 2.05) is 109 Å². The summed E-state index contributed by atoms with van der Waals surface area (Å²) in [7, 11) is 8.73. The molecule has 99 heavy (non-hydrogen) atoms. The second-order valence-electron chi connectivity index (χ2n) is 26.0. The summed E-state index contributed by atoms with van der Waals surface area (Å²) in [6.07, 6.45) is 7.98. The van der Waals surface area contributed by atoms with Crippen molar-refractivity contribution in [2.75, 3.05) is 69.0 Å². The molecule has 23 nitrogen and oxygen atoms in total. The molecule has 4 bridgehead atoms. The molecule has 6 aromatic rings. The van der Waals surface area contributed by atoms with Gasteiger partial charge >= 0.3 is 23.9 Å². The standard InChI is InChI=1S/C39H41N3O9.C37H37N3O8/c1-21-14-25-15-27-29(17-40)42-28(34(41(27)4)32(25)38(35(21)46-6)48-19-45-5)16-26-33(39-37(49-20-50-39)22(2)36(26)51-23(3)43)30(42)18-47-31(44)13-12-24-10-8-7-9-11-24;1-19-13-23-14-25-27(16-38)40-26(32(39(25)4)30(23)33(43)34(19)44-5)15-24-31(37-36(46-18-47-37)20(2)35(24)48-21(3)41)28(40)17-45-29(42)12-11-22-9-7-6-8-10-22/h7-14,27-30,34H,15-16,18-20H2,1-6H3;6-13,25-28,32,43H,14-15,17-18H2,1-5H3/b13-12+;12-11+/t27-,28?,29-,30-,34-;25-,26?,27-,28-,32-/m00/s1. The number of carbonyl (C=O) groups is 4. The lowest BCUT2D eigenvalue weighted by molar-refractivity contribution is -0.144. The van der Waals surface area contributed by atoms with Crippen LogP contribution >= 0.6 is 0 Å². The van der Waals surface area contributed by atoms with E-state index >= 15 is 0 Å². The molecule has 8 heterocycles. The lowest BCUT2D eigenvalue weighted by Gasteiger charge is -2.59. The molecule has 14 rings (SSSR count). The highest BCUT2D eigenvalue weighted by molar-refractivity contribution is 5.88. The van der Waals surface area contributed by atoms with Crippen molar-refractivity contribution < 1.29 is 81.1 Å². The van der Waals surface area contributed by atoms with Crippen molar-refractivity contribution in [1.29, 1.82) is 10.5 Å². The third-order valence-electron chi connectivity index (χ3n) is 20.5. The lowest BCUT2D eigenvalue weighted by atomic mass is 9.71. The fourth-order valence-electron chi connectivity index (χ4n) is 16.7. The normalized spacial score (nSPS) is 23.5. The van der Waals surface area contributed by atoms with Crippen LogP contribution in [0.1, 0.15) is 116 Å². The average molecular weight is 1350 g/mol. The number of nitriles is 2. The molecule has 1 N–H and O–H groups in total. The first-order valence-corrected chi connectivity index (χ1v) is 32.9. The number of fused-ring (bicyclic) bond motifs is 18. The van der Waals surface area contributed by atoms with Crippen LogP contribution in [0, 0.1) is 50.4 Å². The van der Waals surface area contributed by atoms with Crippen LogP contribution in [0.3, 0.4) is 0 Å². The Morgan fingerprint density at radius 1 is 0.556 bits per heavy atom. The number of phenolic OH excluding ortho intramolecular Hbond substituents is 1. The van der Waals surface area contributed by atoms with E-state index in [4.69, 9.17) is 56.8 Å². The van der Waals surface area contributed by atoms with E-state index < -0.39 is 54.1 Å². The Balaban J connectivity index is 0.000000178. The SMILES string of the molecule is COCOc1c(OC)c(C)cc2c1[C@@H]1C3Cc4c(OC(C)=O)c(C)c5c(c4[C@H](COC(=O)/C=C/c4ccccc4)N3[C@@H](C#N)[C@H](C2)N1C)OCO5.COc1c(C)cc2c(c1O)[C@@H]1C3Cc4c(OC(C)=O)c(C)c5c(c4[C@H](COC(=O)/C=C/c4ccccc4)N3[C@@H](C#N)[C@H](C2)N1C)OCO5. The second kappa shape index (κ2) is 27.6. The van der Waals surface area contributed by atoms with E-state index in [9.17, 15) is 34.8 Å². The van der Waals surface area contributed by atoms with Gasteiger partial charge < -0.3 is 61.9 Å². The molecule has 0 radical (unpaired) electrons. The van der Waals surface area contributed by atoms with Crippen LogP contribution in [0.5, 0.6) is 57.5 Å². The number of likely N-dealkylation sites (N-methyl/N-ethyl adjacent to an activating group) is 2. The van der Waals surface area contributed by atoms with Gasteiger partial charge in [-0.2, -0.15) is 10.5 Å². The van der Waals surface area contributed by atoms with Crippen molar-refractivity contribution in [2.45, 2.75) is 128 Å². The summed E-state index contributed by atoms with van der Waals surface area (Å²) in [6.45, 7) is 9.98. The molecule has 2 unspecified atom stereocenters. The van der Waals surface area contributed by atoms with Gasteiger partial charge in [0.25, 0.3) is 0 Å². The topological polar surface area (TPSA) is 260 Å². The van der Waals surface area contributed by atoms with Gasteiger partial charge in [0.15, 0.2) is 52.8 Å². The Bertz CT molecular complexity index is 4370. The van der Waals surface area contributed by atoms with Gasteiger partial charge in [0.2, 0.25) is 13.6 Å². The Labute approximate surface area is 574 Å². The van der Waals surface area contributed by atoms with E-state index in [0.717, 1.165) is 50.1 Å². The van der Waals surface area contributed by atoms with Gasteiger partial charge in [0, 0.05) is 102 Å². The highest BCUT2D eigenvalue weighted by atomic mass is 16.7. The Kier molecular flexibility index (Phi) is 18.8. The fraction of sp³-hybridized carbons (Fsp3) is 0.395. The molecule has 0 aliphatic carbocycles. The minimum atomic E-state index is -0.669. The number of rotatable bonds is 15. The van der Waals surface area contributed by atoms with Gasteiger partial charge in [-0.15, -0.1) is 0 Å². The predicted molar refractivity (Wildman–Crippen MR) is 359 cm³/mol. The molecule has 2 fully saturated rings. The molecular weight excluding hydrogens is 1270 g/mol. The zero-order chi connectivity index (χ0) is 69.8. The van der Waals surface area contributed by atoms with Gasteiger partial charge in [0.1, 0.15) is 36.8 Å². The molecule has 0 spiro atoms. The van der Waals surface area contributed by atoms with Crippen molar-refractivity contribution >= 4 is 36.0 Å². The summed E-state index contributed by atoms with van der Waals surface area (Å²) in [5, 5.41) is 33.5. The van der Waals surface area contributed by atoms with Crippen molar-refractivity contribution in [3.05, 3.63) is 163 Å². The fourth-order valence-corrected chi connectivity index (χ4v) is 16.7. The van der Waals surface area contributed by atoms with Crippen molar-refractivity contribution in [1.82, 2.24) is 19.6 Å². The molecule has 10 atom stereocenters. The quantitative estimate of drug-likeness (QED) is 0.0434. The summed E-state index contributed by atoms with van der Waals surface area (Å²) in [5.41, 5.74) is 11.2. The van der Waals surface area contributed by atoms with Gasteiger partial charge in [-0.1, -0.05) is 72.8 Å². The van der Waals surface area contributed by atoms with Crippen LogP contribution in [0.2, 0.25) is 0 Å². The molecule has 514 valence electrons. The third kappa shape index (κ3) is 11.8. The van der Waals surface area contributed by atoms with E-state index in [-0.39, 0.29) is 69.6 Å². The Morgan fingerprint density at radius 2 is 0.980 bits per heavy atom. The van der Waals surface area contributed by atoms with Crippen molar-refractivity contribution in [2.24, 2.45) is 0 Å². The molecule has 8 aliphatic rings. The van der Waals surface area contributed by atoms with Gasteiger partial charge in [-0.25, -0.2) is 9.59 Å². The number of piperazine rings is 2. The van der Waals surface area contributed by atoms with Gasteiger partial charge in [0.05, 0.1) is 50.5 Å². The first-order valence-electron chi connectivity index (χ1n) is 32.9. The summed E-state index contributed by atoms with van der Waals surface area (Å²) in [6, 6.07) is 23.8. The van der Waals surface area contributed by atoms with Crippen LogP contribution in [0.15, 0.2) is 84.9 Å². The lowest BCUT2D eigenvalue weighted by Crippen LogP contribution is -2.68. The van der Waals surface area contributed by atoms with Gasteiger partial charge in [-0.05, 0) is 113 Å². The van der Waals surface area contributed by atoms with E-state index in [0.29, 0.717) is 105 Å². The number of carbonyl (C=O) groups excluding carboxylic acids is 4. The van der Waals surface area contributed by atoms with Crippen LogP contribution < -0.4 is 42.6 Å². The third-order valence-corrected chi connectivity index (χ3v) is 20.5. The number of ether oxygens (including phenoxy) is 12. The van der Waals surface area contributed by atoms with Crippen LogP contribution in [0.25, 0.3) is 12.2 Å². The maximum atomic E-state index is 13.3. The number of nitrogens with zero attached hydrogens (tertiary/aromatic N) is 6. The number of esters is 4. The van der Waals surface area contributed by atoms with Crippen LogP contribution in [0.4, 0.5) is 0 Å². The Hall–Kier alpha value is -10.1. The number of phenols is 1. The molecule has 2 saturated heterocycles. The summed E-state index contributed by atoms with van der Waals surface area (Å²) in [4.78, 5) is 60.2. The van der Waals surface area contributed by atoms with Crippen LogP contribution in [-0.2, 0) is 59.1 Å². The first kappa shape index (κ1) is 67.4. The van der Waals surface area contributed by atoms with E-state index in [2.05, 4.69) is 37.8 Å². The molecule has 23 heteroatoms. The largest absolute Gasteiger partial charge is 0.504 e. The molecule has 0 aromatic heterocycles. The zero-order valence-corrected chi connectivity index (χ0v) is 57.0. The molecule has 6 aromatic carbocycles. The van der Waals surface area contributed by atoms with Crippen LogP contribution in [-0.4, -0.2) is 154 Å². The molecule has 8 aliphatic heterocycles. The monoisotopic (exact) mass is 1350 g/mol. The number of aryl methyl sites for hydroxylation is 2. The smallest absolute Gasteiger partial charge is 0.330 e. The first-order chi connectivity index (χ1) is 47.8. The maximum Gasteiger partial charge on any atom is 0.330 e. The van der Waals surface area contributed by atoms with E-state index in [1.54, 1.807) is 26.4 Å². The highest BCUT2D eigenvalue weighted by Crippen LogP contribution is 2.61. The number of aromatic hydroxyl groups is 1. The summed E-state index contributed by atoms with van der Waals surface area (Å²) >= 11 is 0. The number of hydrogen-bond acceptors (Lipinski definition) is 23. The molecule has 0 saturated carbocycles. The number of benzene rings is 6. The molecule has 0 amide bonds. The van der Waals surface area contributed by atoms with E-state index in [1.165, 1.54) is 33.1 Å². The highest BCUT2D eigenvalue weighted by Gasteiger charge is 2.59. The second-order valence-corrected chi connectivity index (χ2v) is 26.0. The predicted octanol–water partition coefficient (Wildman–Crippen LogP) is 9.68. The zero-order valence-electron chi connectivity index (χ0n) is 57.0. The summed E-state index contributed by atoms with van der Waals surface area (Å²) < 4.78 is 70.9. The minimum Gasteiger partial charge on any atom is -0.504 e.